The molecule has 0 radical (unpaired) electrons. The minimum atomic E-state index is 0.0146. The monoisotopic (exact) mass is 313 g/mol. The lowest BCUT2D eigenvalue weighted by molar-refractivity contribution is 0.0943. The summed E-state index contributed by atoms with van der Waals surface area (Å²) in [5.41, 5.74) is 1.95. The highest BCUT2D eigenvalue weighted by atomic mass is 79.9. The molecule has 1 amide bonds. The summed E-state index contributed by atoms with van der Waals surface area (Å²) >= 11 is 3.48. The minimum Gasteiger partial charge on any atom is -0.351 e. The number of halogens is 1. The summed E-state index contributed by atoms with van der Waals surface area (Å²) in [5.74, 6) is 0.0146. The lowest BCUT2D eigenvalue weighted by Crippen LogP contribution is -2.30. The highest BCUT2D eigenvalue weighted by molar-refractivity contribution is 9.09. The third-order valence-electron chi connectivity index (χ3n) is 3.69. The van der Waals surface area contributed by atoms with E-state index in [2.05, 4.69) is 26.3 Å². The molecule has 100 valence electrons. The number of aromatic nitrogens is 2. The van der Waals surface area contributed by atoms with Crippen molar-refractivity contribution >= 4 is 21.8 Å². The molecule has 4 nitrogen and oxygen atoms in total. The van der Waals surface area contributed by atoms with Gasteiger partial charge in [0.15, 0.2) is 0 Å². The van der Waals surface area contributed by atoms with Crippen molar-refractivity contribution in [2.24, 2.45) is 12.5 Å². The van der Waals surface area contributed by atoms with Crippen LogP contribution < -0.4 is 5.32 Å². The number of nitrogens with one attached hydrogen (secondary N) is 1. The lowest BCUT2D eigenvalue weighted by Gasteiger charge is -2.14. The summed E-state index contributed by atoms with van der Waals surface area (Å²) in [5, 5.41) is 8.37. The Kier molecular flexibility index (Phi) is 4.10. The molecule has 0 atom stereocenters. The van der Waals surface area contributed by atoms with Crippen LogP contribution in [0.15, 0.2) is 6.20 Å². The zero-order valence-corrected chi connectivity index (χ0v) is 12.6. The molecule has 1 N–H and O–H groups in total. The second-order valence-electron chi connectivity index (χ2n) is 5.14. The Morgan fingerprint density at radius 2 is 2.33 bits per heavy atom. The summed E-state index contributed by atoms with van der Waals surface area (Å²) in [7, 11) is 1.85. The van der Waals surface area contributed by atoms with Gasteiger partial charge in [-0.15, -0.1) is 0 Å². The van der Waals surface area contributed by atoms with Crippen LogP contribution in [0.25, 0.3) is 0 Å². The Bertz CT molecular complexity index is 437. The van der Waals surface area contributed by atoms with Crippen molar-refractivity contribution in [1.82, 2.24) is 15.1 Å². The average molecular weight is 314 g/mol. The first-order valence-electron chi connectivity index (χ1n) is 6.47. The van der Waals surface area contributed by atoms with Crippen molar-refractivity contribution in [2.45, 2.75) is 32.6 Å². The van der Waals surface area contributed by atoms with Crippen molar-refractivity contribution in [3.63, 3.8) is 0 Å². The Morgan fingerprint density at radius 3 is 2.89 bits per heavy atom. The molecule has 1 fully saturated rings. The summed E-state index contributed by atoms with van der Waals surface area (Å²) in [6, 6.07) is 0. The zero-order chi connectivity index (χ0) is 13.2. The Hall–Kier alpha value is -0.840. The number of amides is 1. The molecular weight excluding hydrogens is 294 g/mol. The number of nitrogens with zero attached hydrogens (tertiary/aromatic N) is 2. The fourth-order valence-corrected chi connectivity index (χ4v) is 3.08. The van der Waals surface area contributed by atoms with E-state index in [-0.39, 0.29) is 5.91 Å². The fraction of sp³-hybridized carbons (Fsp3) is 0.692. The molecular formula is C13H20BrN3O. The predicted octanol–water partition coefficient (Wildman–Crippen LogP) is 2.28. The van der Waals surface area contributed by atoms with Gasteiger partial charge in [0.2, 0.25) is 0 Å². The topological polar surface area (TPSA) is 46.9 Å². The third-order valence-corrected chi connectivity index (χ3v) is 4.09. The highest BCUT2D eigenvalue weighted by Gasteiger charge is 2.41. The van der Waals surface area contributed by atoms with Crippen LogP contribution in [0, 0.1) is 5.41 Å². The van der Waals surface area contributed by atoms with Gasteiger partial charge in [-0.05, 0) is 31.1 Å². The zero-order valence-electron chi connectivity index (χ0n) is 11.0. The van der Waals surface area contributed by atoms with Crippen LogP contribution in [0.3, 0.4) is 0 Å². The van der Waals surface area contributed by atoms with Crippen molar-refractivity contribution in [1.29, 1.82) is 0 Å². The van der Waals surface area contributed by atoms with Crippen LogP contribution in [0.5, 0.6) is 0 Å². The van der Waals surface area contributed by atoms with Crippen LogP contribution in [0.1, 0.15) is 42.2 Å². The summed E-state index contributed by atoms with van der Waals surface area (Å²) in [6.07, 6.45) is 6.19. The van der Waals surface area contributed by atoms with Gasteiger partial charge >= 0.3 is 0 Å². The van der Waals surface area contributed by atoms with Crippen LogP contribution in [-0.4, -0.2) is 27.6 Å². The van der Waals surface area contributed by atoms with E-state index in [4.69, 9.17) is 0 Å². The summed E-state index contributed by atoms with van der Waals surface area (Å²) in [6.45, 7) is 2.81. The van der Waals surface area contributed by atoms with E-state index in [9.17, 15) is 4.79 Å². The average Bonchev–Trinajstić information content (AvgIpc) is 3.01. The second-order valence-corrected chi connectivity index (χ2v) is 5.93. The Morgan fingerprint density at radius 1 is 1.61 bits per heavy atom. The highest BCUT2D eigenvalue weighted by Crippen LogP contribution is 2.48. The first kappa shape index (κ1) is 13.6. The van der Waals surface area contributed by atoms with Gasteiger partial charge in [0, 0.05) is 25.1 Å². The maximum Gasteiger partial charge on any atom is 0.254 e. The van der Waals surface area contributed by atoms with Crippen LogP contribution >= 0.6 is 15.9 Å². The number of hydrogen-bond donors (Lipinski definition) is 1. The van der Waals surface area contributed by atoms with E-state index >= 15 is 0 Å². The molecule has 2 rings (SSSR count). The molecule has 1 heterocycles. The van der Waals surface area contributed by atoms with Crippen molar-refractivity contribution in [3.05, 3.63) is 17.5 Å². The lowest BCUT2D eigenvalue weighted by atomic mass is 10.0. The van der Waals surface area contributed by atoms with Gasteiger partial charge in [-0.2, -0.15) is 5.10 Å². The smallest absolute Gasteiger partial charge is 0.254 e. The molecule has 1 aliphatic carbocycles. The van der Waals surface area contributed by atoms with E-state index in [1.54, 1.807) is 10.9 Å². The molecule has 1 aromatic heterocycles. The van der Waals surface area contributed by atoms with Crippen molar-refractivity contribution in [2.75, 3.05) is 11.9 Å². The van der Waals surface area contributed by atoms with E-state index in [0.29, 0.717) is 5.41 Å². The molecule has 1 aromatic rings. The number of carbonyl (C=O) groups is 1. The van der Waals surface area contributed by atoms with E-state index in [1.165, 1.54) is 12.8 Å². The Labute approximate surface area is 116 Å². The number of aryl methyl sites for hydroxylation is 2. The third kappa shape index (κ3) is 2.94. The Balaban J connectivity index is 1.95. The SMILES string of the molecule is CCc1nn(C)cc1C(=O)NCC1(CCBr)CC1. The van der Waals surface area contributed by atoms with Crippen molar-refractivity contribution < 1.29 is 4.79 Å². The molecule has 1 aliphatic rings. The molecule has 1 saturated carbocycles. The van der Waals surface area contributed by atoms with Gasteiger partial charge in [0.25, 0.3) is 5.91 Å². The molecule has 18 heavy (non-hydrogen) atoms. The van der Waals surface area contributed by atoms with Gasteiger partial charge in [-0.1, -0.05) is 22.9 Å². The number of alkyl halides is 1. The molecule has 0 aliphatic heterocycles. The number of carbonyl (C=O) groups excluding carboxylic acids is 1. The first-order valence-corrected chi connectivity index (χ1v) is 7.59. The van der Waals surface area contributed by atoms with Gasteiger partial charge in [0.05, 0.1) is 11.3 Å². The van der Waals surface area contributed by atoms with E-state index in [0.717, 1.165) is 36.0 Å². The molecule has 0 spiro atoms. The molecule has 5 heteroatoms. The maximum atomic E-state index is 12.1. The van der Waals surface area contributed by atoms with E-state index < -0.39 is 0 Å². The van der Waals surface area contributed by atoms with Gasteiger partial charge in [-0.3, -0.25) is 9.48 Å². The van der Waals surface area contributed by atoms with Crippen LogP contribution in [0.2, 0.25) is 0 Å². The van der Waals surface area contributed by atoms with Crippen LogP contribution in [0.4, 0.5) is 0 Å². The minimum absolute atomic E-state index is 0.0146. The second kappa shape index (κ2) is 5.43. The fourth-order valence-electron chi connectivity index (χ4n) is 2.24. The largest absolute Gasteiger partial charge is 0.351 e. The van der Waals surface area contributed by atoms with Gasteiger partial charge in [-0.25, -0.2) is 0 Å². The molecule has 0 bridgehead atoms. The normalized spacial score (nSPS) is 16.6. The van der Waals surface area contributed by atoms with Crippen LogP contribution in [-0.2, 0) is 13.5 Å². The maximum absolute atomic E-state index is 12.1. The van der Waals surface area contributed by atoms with Crippen molar-refractivity contribution in [3.8, 4) is 0 Å². The summed E-state index contributed by atoms with van der Waals surface area (Å²) in [4.78, 5) is 12.1. The first-order chi connectivity index (χ1) is 8.60. The number of rotatable bonds is 6. The standard InChI is InChI=1S/C13H20BrN3O/c1-3-11-10(8-17(2)16-11)12(18)15-9-13(4-5-13)6-7-14/h8H,3-7,9H2,1-2H3,(H,15,18). The predicted molar refractivity (Wildman–Crippen MR) is 75.0 cm³/mol. The molecule has 0 saturated heterocycles. The number of hydrogen-bond acceptors (Lipinski definition) is 2. The molecule has 0 aromatic carbocycles. The molecule has 0 unspecified atom stereocenters. The van der Waals surface area contributed by atoms with Gasteiger partial charge in [0.1, 0.15) is 0 Å². The van der Waals surface area contributed by atoms with E-state index in [1.807, 2.05) is 14.0 Å². The van der Waals surface area contributed by atoms with Gasteiger partial charge < -0.3 is 5.32 Å². The quantitative estimate of drug-likeness (QED) is 0.819. The summed E-state index contributed by atoms with van der Waals surface area (Å²) < 4.78 is 1.71.